The standard InChI is InChI=1S/C12H13N3O3/c13-14-10(16)6-3-7-15-9-5-2-1-4-8(9)11(17)12(15)18/h1-2,4-5H,3,6-7,13H2,(H,14,16). The summed E-state index contributed by atoms with van der Waals surface area (Å²) < 4.78 is 0. The van der Waals surface area contributed by atoms with Crippen molar-refractivity contribution in [1.82, 2.24) is 5.43 Å². The molecule has 0 bridgehead atoms. The molecule has 3 N–H and O–H groups in total. The number of nitrogens with two attached hydrogens (primary N) is 1. The molecular formula is C12H13N3O3. The fourth-order valence-electron chi connectivity index (χ4n) is 1.94. The quantitative estimate of drug-likeness (QED) is 0.338. The zero-order chi connectivity index (χ0) is 13.1. The first kappa shape index (κ1) is 12.3. The van der Waals surface area contributed by atoms with E-state index in [-0.39, 0.29) is 12.3 Å². The molecule has 1 aromatic carbocycles. The lowest BCUT2D eigenvalue weighted by Crippen LogP contribution is -2.33. The molecule has 2 rings (SSSR count). The van der Waals surface area contributed by atoms with E-state index >= 15 is 0 Å². The first-order valence-electron chi connectivity index (χ1n) is 5.60. The van der Waals surface area contributed by atoms with Gasteiger partial charge in [-0.05, 0) is 18.6 Å². The summed E-state index contributed by atoms with van der Waals surface area (Å²) in [6, 6.07) is 6.84. The number of rotatable bonds is 4. The summed E-state index contributed by atoms with van der Waals surface area (Å²) in [7, 11) is 0. The van der Waals surface area contributed by atoms with Crippen molar-refractivity contribution in [2.24, 2.45) is 5.84 Å². The van der Waals surface area contributed by atoms with E-state index < -0.39 is 11.7 Å². The van der Waals surface area contributed by atoms with Crippen molar-refractivity contribution in [1.29, 1.82) is 0 Å². The molecule has 1 aromatic rings. The zero-order valence-electron chi connectivity index (χ0n) is 9.68. The summed E-state index contributed by atoms with van der Waals surface area (Å²) in [5, 5.41) is 0. The Labute approximate surface area is 104 Å². The molecule has 0 atom stereocenters. The average Bonchev–Trinajstić information content (AvgIpc) is 2.64. The Morgan fingerprint density at radius 2 is 2.00 bits per heavy atom. The van der Waals surface area contributed by atoms with Crippen LogP contribution in [0.1, 0.15) is 23.2 Å². The van der Waals surface area contributed by atoms with Crippen molar-refractivity contribution in [3.63, 3.8) is 0 Å². The van der Waals surface area contributed by atoms with Crippen molar-refractivity contribution in [3.8, 4) is 0 Å². The summed E-state index contributed by atoms with van der Waals surface area (Å²) in [5.41, 5.74) is 3.05. The highest BCUT2D eigenvalue weighted by atomic mass is 16.2. The fourth-order valence-corrected chi connectivity index (χ4v) is 1.94. The van der Waals surface area contributed by atoms with Gasteiger partial charge in [0.2, 0.25) is 5.91 Å². The second kappa shape index (κ2) is 4.97. The zero-order valence-corrected chi connectivity index (χ0v) is 9.68. The van der Waals surface area contributed by atoms with E-state index in [0.29, 0.717) is 24.2 Å². The third-order valence-electron chi connectivity index (χ3n) is 2.83. The van der Waals surface area contributed by atoms with Crippen LogP contribution >= 0.6 is 0 Å². The summed E-state index contributed by atoms with van der Waals surface area (Å²) in [6.07, 6.45) is 0.674. The van der Waals surface area contributed by atoms with Gasteiger partial charge in [-0.1, -0.05) is 12.1 Å². The number of carbonyl (C=O) groups excluding carboxylic acids is 3. The number of benzene rings is 1. The van der Waals surface area contributed by atoms with E-state index in [1.54, 1.807) is 24.3 Å². The Kier molecular flexibility index (Phi) is 3.38. The molecule has 0 radical (unpaired) electrons. The minimum Gasteiger partial charge on any atom is -0.305 e. The van der Waals surface area contributed by atoms with Crippen LogP contribution in [0.15, 0.2) is 24.3 Å². The van der Waals surface area contributed by atoms with Crippen LogP contribution in [-0.4, -0.2) is 24.1 Å². The van der Waals surface area contributed by atoms with Gasteiger partial charge in [0.05, 0.1) is 11.3 Å². The Bertz CT molecular complexity index is 513. The lowest BCUT2D eigenvalue weighted by Gasteiger charge is -2.15. The van der Waals surface area contributed by atoms with Crippen LogP contribution < -0.4 is 16.2 Å². The van der Waals surface area contributed by atoms with Gasteiger partial charge in [0.15, 0.2) is 0 Å². The lowest BCUT2D eigenvalue weighted by atomic mass is 10.1. The Morgan fingerprint density at radius 1 is 1.28 bits per heavy atom. The fraction of sp³-hybridized carbons (Fsp3) is 0.250. The Hall–Kier alpha value is -2.21. The summed E-state index contributed by atoms with van der Waals surface area (Å²) in [6.45, 7) is 0.328. The molecule has 94 valence electrons. The molecule has 1 aliphatic heterocycles. The number of Topliss-reactive ketones (excluding diaryl/α,β-unsaturated/α-hetero) is 1. The summed E-state index contributed by atoms with van der Waals surface area (Å²) in [4.78, 5) is 35.8. The molecule has 6 nitrogen and oxygen atoms in total. The van der Waals surface area contributed by atoms with Gasteiger partial charge < -0.3 is 4.90 Å². The van der Waals surface area contributed by atoms with Crippen LogP contribution in [0.3, 0.4) is 0 Å². The SMILES string of the molecule is NNC(=O)CCCN1C(=O)C(=O)c2ccccc21. The lowest BCUT2D eigenvalue weighted by molar-refractivity contribution is -0.121. The molecule has 0 saturated carbocycles. The van der Waals surface area contributed by atoms with Gasteiger partial charge in [-0.2, -0.15) is 0 Å². The van der Waals surface area contributed by atoms with Crippen LogP contribution in [0.25, 0.3) is 0 Å². The van der Waals surface area contributed by atoms with Gasteiger partial charge >= 0.3 is 0 Å². The first-order valence-corrected chi connectivity index (χ1v) is 5.60. The number of para-hydroxylation sites is 1. The maximum Gasteiger partial charge on any atom is 0.299 e. The second-order valence-electron chi connectivity index (χ2n) is 3.97. The molecule has 0 saturated heterocycles. The third kappa shape index (κ3) is 2.10. The number of carbonyl (C=O) groups is 3. The summed E-state index contributed by atoms with van der Waals surface area (Å²) >= 11 is 0. The van der Waals surface area contributed by atoms with E-state index in [9.17, 15) is 14.4 Å². The largest absolute Gasteiger partial charge is 0.305 e. The number of hydrogen-bond acceptors (Lipinski definition) is 4. The minimum atomic E-state index is -0.538. The van der Waals surface area contributed by atoms with E-state index in [4.69, 9.17) is 5.84 Å². The topological polar surface area (TPSA) is 92.5 Å². The maximum atomic E-state index is 11.8. The normalized spacial score (nSPS) is 13.7. The highest BCUT2D eigenvalue weighted by molar-refractivity contribution is 6.52. The first-order chi connectivity index (χ1) is 8.65. The molecule has 1 heterocycles. The molecule has 1 aliphatic rings. The van der Waals surface area contributed by atoms with Crippen molar-refractivity contribution in [3.05, 3.63) is 29.8 Å². The van der Waals surface area contributed by atoms with Crippen molar-refractivity contribution in [2.75, 3.05) is 11.4 Å². The van der Waals surface area contributed by atoms with Gasteiger partial charge in [-0.3, -0.25) is 19.8 Å². The summed E-state index contributed by atoms with van der Waals surface area (Å²) in [5.74, 6) is 3.64. The molecule has 0 aliphatic carbocycles. The van der Waals surface area contributed by atoms with E-state index in [0.717, 1.165) is 0 Å². The van der Waals surface area contributed by atoms with E-state index in [1.165, 1.54) is 4.90 Å². The van der Waals surface area contributed by atoms with Gasteiger partial charge in [-0.25, -0.2) is 5.84 Å². The maximum absolute atomic E-state index is 11.8. The highest BCUT2D eigenvalue weighted by Crippen LogP contribution is 2.28. The molecular weight excluding hydrogens is 234 g/mol. The van der Waals surface area contributed by atoms with Gasteiger partial charge in [0.25, 0.3) is 11.7 Å². The molecule has 6 heteroatoms. The third-order valence-corrected chi connectivity index (χ3v) is 2.83. The van der Waals surface area contributed by atoms with Crippen LogP contribution in [0.2, 0.25) is 0 Å². The van der Waals surface area contributed by atoms with Crippen molar-refractivity contribution in [2.45, 2.75) is 12.8 Å². The number of hydrogen-bond donors (Lipinski definition) is 2. The minimum absolute atomic E-state index is 0.219. The van der Waals surface area contributed by atoms with Crippen molar-refractivity contribution < 1.29 is 14.4 Å². The van der Waals surface area contributed by atoms with E-state index in [1.807, 2.05) is 5.43 Å². The van der Waals surface area contributed by atoms with Gasteiger partial charge in [0, 0.05) is 13.0 Å². The number of anilines is 1. The number of nitrogens with zero attached hydrogens (tertiary/aromatic N) is 1. The van der Waals surface area contributed by atoms with Gasteiger partial charge in [0.1, 0.15) is 0 Å². The molecule has 18 heavy (non-hydrogen) atoms. The molecule has 0 spiro atoms. The van der Waals surface area contributed by atoms with E-state index in [2.05, 4.69) is 0 Å². The van der Waals surface area contributed by atoms with Crippen LogP contribution in [-0.2, 0) is 9.59 Å². The van der Waals surface area contributed by atoms with Crippen LogP contribution in [0.5, 0.6) is 0 Å². The monoisotopic (exact) mass is 247 g/mol. The molecule has 2 amide bonds. The predicted molar refractivity (Wildman–Crippen MR) is 64.7 cm³/mol. The van der Waals surface area contributed by atoms with Crippen molar-refractivity contribution >= 4 is 23.3 Å². The average molecular weight is 247 g/mol. The number of hydrazine groups is 1. The Balaban J connectivity index is 2.08. The highest BCUT2D eigenvalue weighted by Gasteiger charge is 2.34. The number of ketones is 1. The smallest absolute Gasteiger partial charge is 0.299 e. The predicted octanol–water partition coefficient (Wildman–Crippen LogP) is -0.0140. The van der Waals surface area contributed by atoms with Crippen LogP contribution in [0.4, 0.5) is 5.69 Å². The second-order valence-corrected chi connectivity index (χ2v) is 3.97. The molecule has 0 unspecified atom stereocenters. The van der Waals surface area contributed by atoms with Gasteiger partial charge in [-0.15, -0.1) is 0 Å². The molecule has 0 aromatic heterocycles. The number of amides is 2. The number of nitrogens with one attached hydrogen (secondary N) is 1. The van der Waals surface area contributed by atoms with Crippen LogP contribution in [0, 0.1) is 0 Å². The molecule has 0 fully saturated rings. The Morgan fingerprint density at radius 3 is 2.72 bits per heavy atom. The number of fused-ring (bicyclic) bond motifs is 1.